The normalized spacial score (nSPS) is 18.8. The van der Waals surface area contributed by atoms with Gasteiger partial charge in [-0.1, -0.05) is 22.0 Å². The molecule has 1 aromatic rings. The number of nitrogens with zero attached hydrogens (tertiary/aromatic N) is 2. The second-order valence-electron chi connectivity index (χ2n) is 6.50. The van der Waals surface area contributed by atoms with Crippen LogP contribution in [0.5, 0.6) is 0 Å². The second kappa shape index (κ2) is 5.94. The Morgan fingerprint density at radius 3 is 2.26 bits per heavy atom. The number of aryl methyl sites for hydroxylation is 1. The third-order valence-electron chi connectivity index (χ3n) is 4.02. The highest BCUT2D eigenvalue weighted by molar-refractivity contribution is 9.10. The van der Waals surface area contributed by atoms with Crippen LogP contribution in [-0.4, -0.2) is 41.5 Å². The zero-order valence-electron chi connectivity index (χ0n) is 12.5. The molecule has 0 unspecified atom stereocenters. The topological polar surface area (TPSA) is 6.48 Å². The molecule has 0 aromatic heterocycles. The molecular formula is C16H25BrN2. The number of halogens is 1. The molecule has 0 radical (unpaired) electrons. The van der Waals surface area contributed by atoms with Crippen LogP contribution in [0.2, 0.25) is 0 Å². The summed E-state index contributed by atoms with van der Waals surface area (Å²) in [5, 5.41) is 0. The lowest BCUT2D eigenvalue weighted by Gasteiger charge is -2.42. The van der Waals surface area contributed by atoms with Gasteiger partial charge in [0.05, 0.1) is 0 Å². The lowest BCUT2D eigenvalue weighted by molar-refractivity contribution is 0.0590. The second-order valence-corrected chi connectivity index (χ2v) is 7.42. The zero-order valence-corrected chi connectivity index (χ0v) is 14.1. The van der Waals surface area contributed by atoms with Crippen molar-refractivity contribution in [2.24, 2.45) is 0 Å². The summed E-state index contributed by atoms with van der Waals surface area (Å²) in [6.07, 6.45) is 0. The van der Waals surface area contributed by atoms with Crippen molar-refractivity contribution in [1.29, 1.82) is 0 Å². The van der Waals surface area contributed by atoms with Crippen LogP contribution in [0.1, 0.15) is 31.9 Å². The minimum atomic E-state index is 0.305. The Kier molecular flexibility index (Phi) is 4.70. The van der Waals surface area contributed by atoms with Crippen molar-refractivity contribution >= 4 is 15.9 Å². The predicted molar refractivity (Wildman–Crippen MR) is 85.5 cm³/mol. The van der Waals surface area contributed by atoms with E-state index in [1.54, 1.807) is 0 Å². The van der Waals surface area contributed by atoms with Gasteiger partial charge in [-0.25, -0.2) is 0 Å². The van der Waals surface area contributed by atoms with Crippen LogP contribution < -0.4 is 0 Å². The Bertz CT molecular complexity index is 429. The van der Waals surface area contributed by atoms with Gasteiger partial charge in [-0.2, -0.15) is 0 Å². The molecule has 1 fully saturated rings. The molecule has 19 heavy (non-hydrogen) atoms. The van der Waals surface area contributed by atoms with Gasteiger partial charge in [0, 0.05) is 42.7 Å². The van der Waals surface area contributed by atoms with E-state index < -0.39 is 0 Å². The van der Waals surface area contributed by atoms with Crippen molar-refractivity contribution in [2.75, 3.05) is 26.2 Å². The van der Waals surface area contributed by atoms with Gasteiger partial charge in [0.1, 0.15) is 0 Å². The first kappa shape index (κ1) is 15.0. The number of rotatable bonds is 2. The van der Waals surface area contributed by atoms with Crippen molar-refractivity contribution in [3.8, 4) is 0 Å². The third-order valence-corrected chi connectivity index (χ3v) is 4.51. The molecule has 0 N–H and O–H groups in total. The highest BCUT2D eigenvalue weighted by Crippen LogP contribution is 2.20. The quantitative estimate of drug-likeness (QED) is 0.818. The molecule has 1 saturated heterocycles. The molecule has 1 aliphatic heterocycles. The Morgan fingerprint density at radius 2 is 1.74 bits per heavy atom. The number of hydrogen-bond donors (Lipinski definition) is 0. The molecule has 1 heterocycles. The van der Waals surface area contributed by atoms with E-state index in [0.29, 0.717) is 5.54 Å². The standard InChI is InChI=1S/C16H25BrN2/c1-13-11-15(17)6-5-14(13)12-18-7-9-19(10-8-18)16(2,3)4/h5-6,11H,7-10,12H2,1-4H3. The van der Waals surface area contributed by atoms with Crippen LogP contribution in [0.25, 0.3) is 0 Å². The average Bonchev–Trinajstić information content (AvgIpc) is 2.32. The molecule has 0 bridgehead atoms. The summed E-state index contributed by atoms with van der Waals surface area (Å²) >= 11 is 3.53. The minimum absolute atomic E-state index is 0.305. The fraction of sp³-hybridized carbons (Fsp3) is 0.625. The van der Waals surface area contributed by atoms with E-state index in [1.165, 1.54) is 41.8 Å². The largest absolute Gasteiger partial charge is 0.297 e. The Morgan fingerprint density at radius 1 is 1.11 bits per heavy atom. The van der Waals surface area contributed by atoms with Gasteiger partial charge in [-0.05, 0) is 51.0 Å². The van der Waals surface area contributed by atoms with Crippen molar-refractivity contribution in [3.63, 3.8) is 0 Å². The smallest absolute Gasteiger partial charge is 0.0237 e. The third kappa shape index (κ3) is 4.04. The molecule has 0 spiro atoms. The Balaban J connectivity index is 1.92. The monoisotopic (exact) mass is 324 g/mol. The van der Waals surface area contributed by atoms with Gasteiger partial charge in [0.2, 0.25) is 0 Å². The molecule has 106 valence electrons. The Hall–Kier alpha value is -0.380. The fourth-order valence-electron chi connectivity index (χ4n) is 2.65. The summed E-state index contributed by atoms with van der Waals surface area (Å²) in [4.78, 5) is 5.15. The number of piperazine rings is 1. The molecule has 3 heteroatoms. The van der Waals surface area contributed by atoms with E-state index >= 15 is 0 Å². The van der Waals surface area contributed by atoms with Crippen LogP contribution in [0.3, 0.4) is 0 Å². The highest BCUT2D eigenvalue weighted by atomic mass is 79.9. The lowest BCUT2D eigenvalue weighted by atomic mass is 10.0. The van der Waals surface area contributed by atoms with Gasteiger partial charge in [0.25, 0.3) is 0 Å². The first-order valence-corrected chi connectivity index (χ1v) is 7.88. The summed E-state index contributed by atoms with van der Waals surface area (Å²) in [5.41, 5.74) is 3.14. The van der Waals surface area contributed by atoms with Crippen molar-refractivity contribution in [2.45, 2.75) is 39.8 Å². The average molecular weight is 325 g/mol. The highest BCUT2D eigenvalue weighted by Gasteiger charge is 2.25. The van der Waals surface area contributed by atoms with Gasteiger partial charge >= 0.3 is 0 Å². The zero-order chi connectivity index (χ0) is 14.0. The van der Waals surface area contributed by atoms with Gasteiger partial charge < -0.3 is 0 Å². The van der Waals surface area contributed by atoms with Gasteiger partial charge in [0.15, 0.2) is 0 Å². The molecule has 1 aromatic carbocycles. The SMILES string of the molecule is Cc1cc(Br)ccc1CN1CCN(C(C)(C)C)CC1. The molecular weight excluding hydrogens is 300 g/mol. The summed E-state index contributed by atoms with van der Waals surface area (Å²) < 4.78 is 1.17. The van der Waals surface area contributed by atoms with Crippen LogP contribution >= 0.6 is 15.9 Å². The van der Waals surface area contributed by atoms with E-state index in [2.05, 4.69) is 71.6 Å². The first-order chi connectivity index (χ1) is 8.86. The minimum Gasteiger partial charge on any atom is -0.297 e. The predicted octanol–water partition coefficient (Wildman–Crippen LogP) is 3.67. The van der Waals surface area contributed by atoms with Crippen LogP contribution in [-0.2, 0) is 6.54 Å². The van der Waals surface area contributed by atoms with Crippen LogP contribution in [0.4, 0.5) is 0 Å². The maximum atomic E-state index is 3.53. The first-order valence-electron chi connectivity index (χ1n) is 7.09. The number of hydrogen-bond acceptors (Lipinski definition) is 2. The maximum absolute atomic E-state index is 3.53. The van der Waals surface area contributed by atoms with E-state index in [0.717, 1.165) is 6.54 Å². The van der Waals surface area contributed by atoms with Gasteiger partial charge in [-0.15, -0.1) is 0 Å². The summed E-state index contributed by atoms with van der Waals surface area (Å²) in [6, 6.07) is 6.60. The Labute approximate surface area is 125 Å². The van der Waals surface area contributed by atoms with E-state index in [-0.39, 0.29) is 0 Å². The van der Waals surface area contributed by atoms with Crippen molar-refractivity contribution < 1.29 is 0 Å². The lowest BCUT2D eigenvalue weighted by Crippen LogP contribution is -2.53. The fourth-order valence-corrected chi connectivity index (χ4v) is 3.13. The molecule has 2 nitrogen and oxygen atoms in total. The van der Waals surface area contributed by atoms with Crippen molar-refractivity contribution in [3.05, 3.63) is 33.8 Å². The molecule has 0 amide bonds. The summed E-state index contributed by atoms with van der Waals surface area (Å²) in [7, 11) is 0. The van der Waals surface area contributed by atoms with Crippen LogP contribution in [0.15, 0.2) is 22.7 Å². The van der Waals surface area contributed by atoms with Crippen LogP contribution in [0, 0.1) is 6.92 Å². The van der Waals surface area contributed by atoms with E-state index in [9.17, 15) is 0 Å². The molecule has 0 atom stereocenters. The molecule has 0 aliphatic carbocycles. The molecule has 0 saturated carbocycles. The summed E-state index contributed by atoms with van der Waals surface area (Å²) in [5.74, 6) is 0. The number of benzene rings is 1. The van der Waals surface area contributed by atoms with Crippen molar-refractivity contribution in [1.82, 2.24) is 9.80 Å². The molecule has 2 rings (SSSR count). The van der Waals surface area contributed by atoms with Gasteiger partial charge in [-0.3, -0.25) is 9.80 Å². The maximum Gasteiger partial charge on any atom is 0.0237 e. The van der Waals surface area contributed by atoms with E-state index in [1.807, 2.05) is 0 Å². The molecule has 1 aliphatic rings. The van der Waals surface area contributed by atoms with E-state index in [4.69, 9.17) is 0 Å². The summed E-state index contributed by atoms with van der Waals surface area (Å²) in [6.45, 7) is 14.9.